The van der Waals surface area contributed by atoms with Crippen LogP contribution >= 0.6 is 22.9 Å². The number of carbonyl (C=O) groups is 1. The highest BCUT2D eigenvalue weighted by Crippen LogP contribution is 2.35. The Bertz CT molecular complexity index is 997. The van der Waals surface area contributed by atoms with Crippen LogP contribution in [-0.4, -0.2) is 51.7 Å². The van der Waals surface area contributed by atoms with Crippen LogP contribution in [0.2, 0.25) is 5.02 Å². The molecule has 0 spiro atoms. The Hall–Kier alpha value is -2.17. The highest BCUT2D eigenvalue weighted by molar-refractivity contribution is 7.13. The van der Waals surface area contributed by atoms with Gasteiger partial charge >= 0.3 is 6.18 Å². The first-order valence-corrected chi connectivity index (χ1v) is 9.19. The SMILES string of the molecule is O=C(c1nn2c(C(F)(F)F)cc(-c3cccs3)nc2c1Cl)N1CCOCC1. The average molecular weight is 417 g/mol. The van der Waals surface area contributed by atoms with Gasteiger partial charge in [0, 0.05) is 13.1 Å². The van der Waals surface area contributed by atoms with Crippen LogP contribution in [0.25, 0.3) is 16.2 Å². The van der Waals surface area contributed by atoms with Crippen LogP contribution in [0.4, 0.5) is 13.2 Å². The molecule has 3 aromatic heterocycles. The summed E-state index contributed by atoms with van der Waals surface area (Å²) in [5.41, 5.74) is -1.37. The van der Waals surface area contributed by atoms with Gasteiger partial charge in [0.05, 0.1) is 23.8 Å². The summed E-state index contributed by atoms with van der Waals surface area (Å²) >= 11 is 7.49. The van der Waals surface area contributed by atoms with E-state index in [1.165, 1.54) is 16.2 Å². The van der Waals surface area contributed by atoms with Crippen LogP contribution in [0.1, 0.15) is 16.2 Å². The van der Waals surface area contributed by atoms with E-state index in [0.717, 1.165) is 6.07 Å². The van der Waals surface area contributed by atoms with Gasteiger partial charge in [-0.3, -0.25) is 4.79 Å². The summed E-state index contributed by atoms with van der Waals surface area (Å²) in [6.07, 6.45) is -4.69. The second-order valence-corrected chi connectivity index (χ2v) is 7.13. The van der Waals surface area contributed by atoms with E-state index < -0.39 is 17.8 Å². The number of hydrogen-bond acceptors (Lipinski definition) is 5. The van der Waals surface area contributed by atoms with Crippen molar-refractivity contribution >= 4 is 34.5 Å². The lowest BCUT2D eigenvalue weighted by molar-refractivity contribution is -0.142. The normalized spacial score (nSPS) is 15.5. The standard InChI is InChI=1S/C16H12ClF3N4O2S/c17-12-13(15(25)23-3-5-26-6-4-23)22-24-11(16(18,19)20)8-9(21-14(12)24)10-2-1-7-27-10/h1-2,7-8H,3-6H2. The molecule has 0 unspecified atom stereocenters. The molecule has 0 aromatic carbocycles. The van der Waals surface area contributed by atoms with Gasteiger partial charge in [-0.1, -0.05) is 17.7 Å². The number of rotatable bonds is 2. The Morgan fingerprint density at radius 1 is 1.30 bits per heavy atom. The topological polar surface area (TPSA) is 59.7 Å². The Balaban J connectivity index is 1.88. The van der Waals surface area contributed by atoms with E-state index in [1.54, 1.807) is 17.5 Å². The largest absolute Gasteiger partial charge is 0.433 e. The van der Waals surface area contributed by atoms with Gasteiger partial charge in [0.1, 0.15) is 5.02 Å². The molecule has 142 valence electrons. The highest BCUT2D eigenvalue weighted by atomic mass is 35.5. The van der Waals surface area contributed by atoms with E-state index in [9.17, 15) is 18.0 Å². The van der Waals surface area contributed by atoms with Gasteiger partial charge in [-0.05, 0) is 17.5 Å². The summed E-state index contributed by atoms with van der Waals surface area (Å²) in [5.74, 6) is -0.542. The number of morpholine rings is 1. The van der Waals surface area contributed by atoms with Crippen molar-refractivity contribution < 1.29 is 22.7 Å². The number of halogens is 4. The van der Waals surface area contributed by atoms with Gasteiger partial charge in [0.2, 0.25) is 0 Å². The van der Waals surface area contributed by atoms with Gasteiger partial charge in [-0.25, -0.2) is 9.50 Å². The van der Waals surface area contributed by atoms with Crippen LogP contribution in [0.15, 0.2) is 23.6 Å². The average Bonchev–Trinajstić information content (AvgIpc) is 3.29. The first-order chi connectivity index (χ1) is 12.9. The smallest absolute Gasteiger partial charge is 0.378 e. The Kier molecular flexibility index (Phi) is 4.57. The van der Waals surface area contributed by atoms with E-state index in [1.807, 2.05) is 0 Å². The molecule has 0 saturated carbocycles. The number of carbonyl (C=O) groups excluding carboxylic acids is 1. The summed E-state index contributed by atoms with van der Waals surface area (Å²) < 4.78 is 46.6. The number of nitrogens with zero attached hydrogens (tertiary/aromatic N) is 4. The summed E-state index contributed by atoms with van der Waals surface area (Å²) in [7, 11) is 0. The minimum Gasteiger partial charge on any atom is -0.378 e. The van der Waals surface area contributed by atoms with Crippen LogP contribution < -0.4 is 0 Å². The van der Waals surface area contributed by atoms with Crippen LogP contribution in [0, 0.1) is 0 Å². The molecule has 0 atom stereocenters. The van der Waals surface area contributed by atoms with Gasteiger partial charge in [-0.2, -0.15) is 18.3 Å². The number of fused-ring (bicyclic) bond motifs is 1. The molecule has 1 aliphatic heterocycles. The minimum absolute atomic E-state index is 0.122. The zero-order valence-corrected chi connectivity index (χ0v) is 15.2. The third-order valence-corrected chi connectivity index (χ3v) is 5.34. The maximum Gasteiger partial charge on any atom is 0.433 e. The Morgan fingerprint density at radius 2 is 2.04 bits per heavy atom. The van der Waals surface area contributed by atoms with Gasteiger partial charge in [-0.15, -0.1) is 11.3 Å². The van der Waals surface area contributed by atoms with Crippen molar-refractivity contribution in [1.82, 2.24) is 19.5 Å². The third-order valence-electron chi connectivity index (χ3n) is 4.10. The molecule has 6 nitrogen and oxygen atoms in total. The molecule has 11 heteroatoms. The maximum absolute atomic E-state index is 13.6. The summed E-state index contributed by atoms with van der Waals surface area (Å²) in [4.78, 5) is 18.9. The fraction of sp³-hybridized carbons (Fsp3) is 0.312. The summed E-state index contributed by atoms with van der Waals surface area (Å²) in [5, 5.41) is 5.39. The van der Waals surface area contributed by atoms with Crippen molar-refractivity contribution in [2.75, 3.05) is 26.3 Å². The number of aromatic nitrogens is 3. The first kappa shape index (κ1) is 18.2. The van der Waals surface area contributed by atoms with E-state index in [2.05, 4.69) is 10.1 Å². The van der Waals surface area contributed by atoms with Crippen LogP contribution in [0.5, 0.6) is 0 Å². The fourth-order valence-corrected chi connectivity index (χ4v) is 3.72. The van der Waals surface area contributed by atoms with Gasteiger partial charge < -0.3 is 9.64 Å². The zero-order valence-electron chi connectivity index (χ0n) is 13.7. The molecule has 0 radical (unpaired) electrons. The lowest BCUT2D eigenvalue weighted by Crippen LogP contribution is -2.41. The van der Waals surface area contributed by atoms with E-state index >= 15 is 0 Å². The maximum atomic E-state index is 13.6. The number of ether oxygens (including phenoxy) is 1. The van der Waals surface area contributed by atoms with Crippen molar-refractivity contribution in [1.29, 1.82) is 0 Å². The molecule has 0 N–H and O–H groups in total. The van der Waals surface area contributed by atoms with Crippen molar-refractivity contribution in [3.8, 4) is 10.6 Å². The number of thiophene rings is 1. The molecule has 1 aliphatic rings. The first-order valence-electron chi connectivity index (χ1n) is 7.93. The van der Waals surface area contributed by atoms with Gasteiger partial charge in [0.25, 0.3) is 5.91 Å². The quantitative estimate of drug-likeness (QED) is 0.640. The Morgan fingerprint density at radius 3 is 2.67 bits per heavy atom. The summed E-state index contributed by atoms with van der Waals surface area (Å²) in [6.45, 7) is 1.35. The molecule has 0 bridgehead atoms. The highest BCUT2D eigenvalue weighted by Gasteiger charge is 2.37. The second kappa shape index (κ2) is 6.77. The monoisotopic (exact) mass is 416 g/mol. The van der Waals surface area contributed by atoms with Crippen molar-refractivity contribution in [3.63, 3.8) is 0 Å². The van der Waals surface area contributed by atoms with E-state index in [-0.39, 0.29) is 22.1 Å². The molecule has 4 rings (SSSR count). The lowest BCUT2D eigenvalue weighted by atomic mass is 10.2. The zero-order chi connectivity index (χ0) is 19.2. The molecule has 27 heavy (non-hydrogen) atoms. The molecule has 1 saturated heterocycles. The minimum atomic E-state index is -4.69. The second-order valence-electron chi connectivity index (χ2n) is 5.80. The fourth-order valence-electron chi connectivity index (χ4n) is 2.80. The number of hydrogen-bond donors (Lipinski definition) is 0. The molecular formula is C16H12ClF3N4O2S. The van der Waals surface area contributed by atoms with Crippen molar-refractivity contribution in [3.05, 3.63) is 40.0 Å². The summed E-state index contributed by atoms with van der Waals surface area (Å²) in [6, 6.07) is 4.28. The third kappa shape index (κ3) is 3.28. The van der Waals surface area contributed by atoms with E-state index in [0.29, 0.717) is 35.7 Å². The van der Waals surface area contributed by atoms with Crippen molar-refractivity contribution in [2.24, 2.45) is 0 Å². The molecule has 3 aromatic rings. The predicted octanol–water partition coefficient (Wildman–Crippen LogP) is 3.60. The molecule has 4 heterocycles. The Labute approximate surface area is 160 Å². The molecule has 0 aliphatic carbocycles. The molecule has 1 fully saturated rings. The van der Waals surface area contributed by atoms with E-state index in [4.69, 9.17) is 16.3 Å². The van der Waals surface area contributed by atoms with Gasteiger partial charge in [0.15, 0.2) is 17.0 Å². The van der Waals surface area contributed by atoms with Crippen LogP contribution in [-0.2, 0) is 10.9 Å². The number of alkyl halides is 3. The number of amides is 1. The predicted molar refractivity (Wildman–Crippen MR) is 93.0 cm³/mol. The molecule has 1 amide bonds. The van der Waals surface area contributed by atoms with Crippen molar-refractivity contribution in [2.45, 2.75) is 6.18 Å². The molecular weight excluding hydrogens is 405 g/mol. The lowest BCUT2D eigenvalue weighted by Gasteiger charge is -2.26. The van der Waals surface area contributed by atoms with Crippen LogP contribution in [0.3, 0.4) is 0 Å².